The lowest BCUT2D eigenvalue weighted by Gasteiger charge is -2.32. The molecule has 0 heterocycles. The summed E-state index contributed by atoms with van der Waals surface area (Å²) in [6.07, 6.45) is 9.84. The summed E-state index contributed by atoms with van der Waals surface area (Å²) < 4.78 is 29.4. The molecule has 1 atom stereocenters. The van der Waals surface area contributed by atoms with Crippen molar-refractivity contribution in [1.82, 2.24) is 0 Å². The maximum absolute atomic E-state index is 14.7. The fourth-order valence-electron chi connectivity index (χ4n) is 4.71. The lowest BCUT2D eigenvalue weighted by Crippen LogP contribution is -2.21. The van der Waals surface area contributed by atoms with E-state index in [0.29, 0.717) is 22.4 Å². The van der Waals surface area contributed by atoms with Gasteiger partial charge in [0.1, 0.15) is 11.6 Å². The Morgan fingerprint density at radius 1 is 1.00 bits per heavy atom. The Morgan fingerprint density at radius 3 is 2.18 bits per heavy atom. The molecular formula is C25H31ClF2. The number of hydrogen-bond donors (Lipinski definition) is 0. The Kier molecular flexibility index (Phi) is 7.51. The third-order valence-electron chi connectivity index (χ3n) is 6.45. The van der Waals surface area contributed by atoms with Crippen LogP contribution in [0.3, 0.4) is 0 Å². The fourth-order valence-corrected chi connectivity index (χ4v) is 4.84. The van der Waals surface area contributed by atoms with E-state index in [2.05, 4.69) is 13.8 Å². The molecule has 0 spiro atoms. The van der Waals surface area contributed by atoms with Crippen molar-refractivity contribution in [3.8, 4) is 11.1 Å². The standard InChI is InChI=1S/C25H31ClF2/c1-3-4-5-18-6-8-20(9-7-18)17(2)14-19-15-23(27)25(24(28)16-19)21-10-12-22(26)13-11-21/h10-13,15-18,20H,3-9,14H2,1-2H3. The summed E-state index contributed by atoms with van der Waals surface area (Å²) in [5, 5.41) is 0.555. The molecule has 2 aromatic carbocycles. The number of hydrogen-bond acceptors (Lipinski definition) is 0. The summed E-state index contributed by atoms with van der Waals surface area (Å²) in [6, 6.07) is 9.64. The molecule has 1 saturated carbocycles. The van der Waals surface area contributed by atoms with Crippen LogP contribution in [0.25, 0.3) is 11.1 Å². The quantitative estimate of drug-likeness (QED) is 0.434. The first-order chi connectivity index (χ1) is 13.5. The number of benzene rings is 2. The van der Waals surface area contributed by atoms with Gasteiger partial charge >= 0.3 is 0 Å². The predicted molar refractivity (Wildman–Crippen MR) is 115 cm³/mol. The van der Waals surface area contributed by atoms with Gasteiger partial charge in [-0.05, 0) is 72.4 Å². The van der Waals surface area contributed by atoms with Gasteiger partial charge < -0.3 is 0 Å². The Bertz CT molecular complexity index is 738. The normalized spacial score (nSPS) is 20.9. The van der Waals surface area contributed by atoms with E-state index in [1.807, 2.05) is 0 Å². The highest BCUT2D eigenvalue weighted by Crippen LogP contribution is 2.37. The number of halogens is 3. The van der Waals surface area contributed by atoms with Gasteiger partial charge in [0, 0.05) is 5.02 Å². The molecule has 2 aromatic rings. The molecule has 1 unspecified atom stereocenters. The van der Waals surface area contributed by atoms with Crippen molar-refractivity contribution in [1.29, 1.82) is 0 Å². The van der Waals surface area contributed by atoms with Gasteiger partial charge in [-0.1, -0.05) is 69.7 Å². The Hall–Kier alpha value is -1.41. The van der Waals surface area contributed by atoms with Gasteiger partial charge in [-0.25, -0.2) is 8.78 Å². The monoisotopic (exact) mass is 404 g/mol. The molecule has 3 rings (SSSR count). The van der Waals surface area contributed by atoms with Crippen molar-refractivity contribution in [2.75, 3.05) is 0 Å². The maximum atomic E-state index is 14.7. The van der Waals surface area contributed by atoms with E-state index < -0.39 is 11.6 Å². The van der Waals surface area contributed by atoms with Gasteiger partial charge in [-0.3, -0.25) is 0 Å². The molecule has 1 aliphatic carbocycles. The van der Waals surface area contributed by atoms with Gasteiger partial charge in [0.25, 0.3) is 0 Å². The molecule has 3 heteroatoms. The summed E-state index contributed by atoms with van der Waals surface area (Å²) >= 11 is 5.88. The SMILES string of the molecule is CCCCC1CCC(C(C)Cc2cc(F)c(-c3ccc(Cl)cc3)c(F)c2)CC1. The molecule has 28 heavy (non-hydrogen) atoms. The largest absolute Gasteiger partial charge is 0.206 e. The van der Waals surface area contributed by atoms with E-state index in [4.69, 9.17) is 11.6 Å². The fraction of sp³-hybridized carbons (Fsp3) is 0.520. The van der Waals surface area contributed by atoms with E-state index in [1.165, 1.54) is 57.1 Å². The van der Waals surface area contributed by atoms with Gasteiger partial charge in [-0.15, -0.1) is 0 Å². The van der Waals surface area contributed by atoms with Gasteiger partial charge in [0.15, 0.2) is 0 Å². The summed E-state index contributed by atoms with van der Waals surface area (Å²) in [7, 11) is 0. The zero-order valence-electron chi connectivity index (χ0n) is 17.0. The summed E-state index contributed by atoms with van der Waals surface area (Å²) in [6.45, 7) is 4.49. The lowest BCUT2D eigenvalue weighted by atomic mass is 9.73. The molecule has 0 radical (unpaired) electrons. The van der Waals surface area contributed by atoms with Crippen LogP contribution in [-0.4, -0.2) is 0 Å². The van der Waals surface area contributed by atoms with E-state index in [1.54, 1.807) is 24.3 Å². The van der Waals surface area contributed by atoms with Crippen molar-refractivity contribution in [3.05, 3.63) is 58.6 Å². The van der Waals surface area contributed by atoms with Crippen LogP contribution in [0.1, 0.15) is 64.4 Å². The highest BCUT2D eigenvalue weighted by molar-refractivity contribution is 6.30. The van der Waals surface area contributed by atoms with Gasteiger partial charge in [-0.2, -0.15) is 0 Å². The minimum atomic E-state index is -0.493. The number of unbranched alkanes of at least 4 members (excludes halogenated alkanes) is 1. The van der Waals surface area contributed by atoms with E-state index in [-0.39, 0.29) is 5.56 Å². The molecule has 0 aromatic heterocycles. The molecule has 0 aliphatic heterocycles. The van der Waals surface area contributed by atoms with Crippen LogP contribution in [0.4, 0.5) is 8.78 Å². The van der Waals surface area contributed by atoms with Crippen LogP contribution >= 0.6 is 11.6 Å². The zero-order valence-corrected chi connectivity index (χ0v) is 17.7. The van der Waals surface area contributed by atoms with Crippen molar-refractivity contribution in [2.24, 2.45) is 17.8 Å². The van der Waals surface area contributed by atoms with Crippen molar-refractivity contribution >= 4 is 11.6 Å². The minimum Gasteiger partial charge on any atom is -0.206 e. The summed E-state index contributed by atoms with van der Waals surface area (Å²) in [4.78, 5) is 0. The highest BCUT2D eigenvalue weighted by Gasteiger charge is 2.25. The molecule has 1 aliphatic rings. The Morgan fingerprint density at radius 2 is 1.61 bits per heavy atom. The molecule has 1 fully saturated rings. The second-order valence-electron chi connectivity index (χ2n) is 8.55. The second-order valence-corrected chi connectivity index (χ2v) is 8.98. The lowest BCUT2D eigenvalue weighted by molar-refractivity contribution is 0.204. The van der Waals surface area contributed by atoms with Crippen molar-refractivity contribution in [3.63, 3.8) is 0 Å². The third kappa shape index (κ3) is 5.35. The second kappa shape index (κ2) is 9.87. The molecule has 0 nitrogen and oxygen atoms in total. The maximum Gasteiger partial charge on any atom is 0.134 e. The first-order valence-electron chi connectivity index (χ1n) is 10.7. The Balaban J connectivity index is 1.64. The van der Waals surface area contributed by atoms with Crippen LogP contribution < -0.4 is 0 Å². The topological polar surface area (TPSA) is 0 Å². The van der Waals surface area contributed by atoms with E-state index in [9.17, 15) is 8.78 Å². The van der Waals surface area contributed by atoms with Crippen LogP contribution in [0.5, 0.6) is 0 Å². The average molecular weight is 405 g/mol. The Labute approximate surface area is 173 Å². The van der Waals surface area contributed by atoms with E-state index >= 15 is 0 Å². The van der Waals surface area contributed by atoms with Crippen LogP contribution in [0.2, 0.25) is 5.02 Å². The molecule has 0 N–H and O–H groups in total. The molecule has 0 bridgehead atoms. The summed E-state index contributed by atoms with van der Waals surface area (Å²) in [5.74, 6) is 1.02. The molecule has 0 amide bonds. The van der Waals surface area contributed by atoms with Crippen LogP contribution in [-0.2, 0) is 6.42 Å². The average Bonchev–Trinajstić information content (AvgIpc) is 2.67. The zero-order chi connectivity index (χ0) is 20.1. The molecular weight excluding hydrogens is 374 g/mol. The van der Waals surface area contributed by atoms with Gasteiger partial charge in [0.05, 0.1) is 5.56 Å². The van der Waals surface area contributed by atoms with Crippen LogP contribution in [0.15, 0.2) is 36.4 Å². The first-order valence-corrected chi connectivity index (χ1v) is 11.1. The molecule has 152 valence electrons. The predicted octanol–water partition coefficient (Wildman–Crippen LogP) is 8.46. The smallest absolute Gasteiger partial charge is 0.134 e. The highest BCUT2D eigenvalue weighted by atomic mass is 35.5. The van der Waals surface area contributed by atoms with Crippen LogP contribution in [0, 0.1) is 29.4 Å². The molecule has 0 saturated heterocycles. The minimum absolute atomic E-state index is 0.0319. The van der Waals surface area contributed by atoms with Crippen molar-refractivity contribution in [2.45, 2.75) is 65.2 Å². The third-order valence-corrected chi connectivity index (χ3v) is 6.71. The summed E-state index contributed by atoms with van der Waals surface area (Å²) in [5.41, 5.74) is 1.31. The van der Waals surface area contributed by atoms with E-state index in [0.717, 1.165) is 17.9 Å². The van der Waals surface area contributed by atoms with Crippen molar-refractivity contribution < 1.29 is 8.78 Å². The first kappa shape index (κ1) is 21.3. The van der Waals surface area contributed by atoms with Gasteiger partial charge in [0.2, 0.25) is 0 Å². The number of rotatable bonds is 7.